The summed E-state index contributed by atoms with van der Waals surface area (Å²) in [5.41, 5.74) is 9.47. The van der Waals surface area contributed by atoms with Gasteiger partial charge >= 0.3 is 5.97 Å². The van der Waals surface area contributed by atoms with Crippen molar-refractivity contribution in [1.29, 1.82) is 0 Å². The van der Waals surface area contributed by atoms with E-state index in [0.717, 1.165) is 66.8 Å². The van der Waals surface area contributed by atoms with Gasteiger partial charge in [-0.3, -0.25) is 4.57 Å². The summed E-state index contributed by atoms with van der Waals surface area (Å²) in [7, 11) is 0. The third-order valence-electron chi connectivity index (χ3n) is 8.09. The summed E-state index contributed by atoms with van der Waals surface area (Å²) in [6.07, 6.45) is 1.81. The molecule has 0 aliphatic heterocycles. The fraction of sp³-hybridized carbons (Fsp3) is 0. The van der Waals surface area contributed by atoms with Gasteiger partial charge in [-0.15, -0.1) is 5.52 Å². The van der Waals surface area contributed by atoms with Gasteiger partial charge in [-0.2, -0.15) is 6.20 Å². The van der Waals surface area contributed by atoms with Crippen molar-refractivity contribution in [2.45, 2.75) is 0 Å². The molecule has 0 atom stereocenters. The minimum Gasteiger partial charge on any atom is -0.663 e. The van der Waals surface area contributed by atoms with Gasteiger partial charge < -0.3 is 10.1 Å². The molecular formula is C39H25N4O2Pt-. The molecule has 224 valence electrons. The van der Waals surface area contributed by atoms with Crippen molar-refractivity contribution in [2.24, 2.45) is 0 Å². The second-order valence-corrected chi connectivity index (χ2v) is 10.8. The fourth-order valence-corrected chi connectivity index (χ4v) is 5.99. The van der Waals surface area contributed by atoms with Crippen molar-refractivity contribution in [3.63, 3.8) is 0 Å². The molecule has 3 heterocycles. The van der Waals surface area contributed by atoms with Gasteiger partial charge in [0.05, 0.1) is 16.7 Å². The zero-order valence-electron chi connectivity index (χ0n) is 24.3. The second-order valence-electron chi connectivity index (χ2n) is 10.8. The first-order chi connectivity index (χ1) is 22.1. The van der Waals surface area contributed by atoms with Crippen LogP contribution in [0.3, 0.4) is 0 Å². The standard InChI is InChI=1S/C39H26N4O2.Pt/c44-39(45)34-24-29(26-12-5-2-6-13-26)23-33(41-34)31-17-9-19-35-37(31)42-38(32-18-8-14-27-20-21-40-36(27)32)43(35)30-16-7-15-28(22-30)25-10-3-1-4-11-25;/h1-24H,(H2,40,41,42,44,45);/p-1. The zero-order valence-corrected chi connectivity index (χ0v) is 26.6. The number of rotatable bonds is 6. The molecule has 5 aromatic carbocycles. The van der Waals surface area contributed by atoms with E-state index in [0.29, 0.717) is 5.69 Å². The molecule has 0 unspecified atom stereocenters. The molecule has 0 fully saturated rings. The van der Waals surface area contributed by atoms with Crippen LogP contribution >= 0.6 is 0 Å². The van der Waals surface area contributed by atoms with Crippen LogP contribution in [0.4, 0.5) is 0 Å². The average molecular weight is 777 g/mol. The van der Waals surface area contributed by atoms with Crippen LogP contribution < -0.4 is 4.98 Å². The minimum absolute atomic E-state index is 0. The van der Waals surface area contributed by atoms with Gasteiger partial charge in [-0.05, 0) is 58.0 Å². The molecule has 8 rings (SSSR count). The molecule has 0 bridgehead atoms. The molecule has 6 nitrogen and oxygen atoms in total. The number of hydrogen-bond donors (Lipinski definition) is 1. The Morgan fingerprint density at radius 2 is 1.30 bits per heavy atom. The second kappa shape index (κ2) is 12.1. The van der Waals surface area contributed by atoms with E-state index in [4.69, 9.17) is 9.97 Å². The summed E-state index contributed by atoms with van der Waals surface area (Å²) in [4.78, 5) is 26.8. The van der Waals surface area contributed by atoms with Gasteiger partial charge in [-0.25, -0.2) is 14.8 Å². The van der Waals surface area contributed by atoms with Crippen LogP contribution in [0.5, 0.6) is 0 Å². The van der Waals surface area contributed by atoms with Crippen molar-refractivity contribution in [3.05, 3.63) is 151 Å². The van der Waals surface area contributed by atoms with Crippen LogP contribution in [0.1, 0.15) is 10.5 Å². The normalized spacial score (nSPS) is 11.0. The molecule has 0 spiro atoms. The molecular weight excluding hydrogens is 752 g/mol. The predicted octanol–water partition coefficient (Wildman–Crippen LogP) is 8.89. The number of para-hydroxylation sites is 2. The predicted molar refractivity (Wildman–Crippen MR) is 178 cm³/mol. The molecule has 46 heavy (non-hydrogen) atoms. The summed E-state index contributed by atoms with van der Waals surface area (Å²) in [5, 5.41) is 11.0. The van der Waals surface area contributed by atoms with Gasteiger partial charge in [0.25, 0.3) is 0 Å². The Balaban J connectivity index is 0.00000338. The summed E-state index contributed by atoms with van der Waals surface area (Å²) < 4.78 is 2.16. The van der Waals surface area contributed by atoms with E-state index in [9.17, 15) is 9.90 Å². The molecule has 8 aromatic rings. The number of benzene rings is 5. The number of carboxylic acids is 1. The van der Waals surface area contributed by atoms with Crippen LogP contribution in [0.2, 0.25) is 0 Å². The van der Waals surface area contributed by atoms with E-state index in [-0.39, 0.29) is 26.8 Å². The van der Waals surface area contributed by atoms with Gasteiger partial charge in [0.15, 0.2) is 0 Å². The van der Waals surface area contributed by atoms with Crippen molar-refractivity contribution in [1.82, 2.24) is 19.5 Å². The Hall–Kier alpha value is -5.58. The molecule has 7 heteroatoms. The van der Waals surface area contributed by atoms with Crippen LogP contribution in [-0.2, 0) is 21.1 Å². The van der Waals surface area contributed by atoms with Crippen LogP contribution in [-0.4, -0.2) is 25.6 Å². The fourth-order valence-electron chi connectivity index (χ4n) is 5.99. The third kappa shape index (κ3) is 5.13. The maximum atomic E-state index is 12.2. The van der Waals surface area contributed by atoms with Crippen molar-refractivity contribution < 1.29 is 31.0 Å². The van der Waals surface area contributed by atoms with Gasteiger partial charge in [0.1, 0.15) is 11.5 Å². The number of carboxylic acid groups (broad SMARTS) is 1. The SMILES string of the molecule is O=C(O)c1cc(-c2ccccc2)cc(-c2cccc3c2nc(-c2cccc4cc[n-]c24)n3-c2cccc(-c3ccccc3)c2)n1.[Pt]. The molecule has 1 N–H and O–H groups in total. The first-order valence-electron chi connectivity index (χ1n) is 14.6. The molecule has 0 amide bonds. The molecule has 3 aromatic heterocycles. The summed E-state index contributed by atoms with van der Waals surface area (Å²) in [6.45, 7) is 0. The number of nitrogens with zero attached hydrogens (tertiary/aromatic N) is 4. The minimum atomic E-state index is -1.08. The zero-order chi connectivity index (χ0) is 30.3. The average Bonchev–Trinajstić information content (AvgIpc) is 3.74. The summed E-state index contributed by atoms with van der Waals surface area (Å²) in [5.74, 6) is -0.344. The molecule has 0 saturated carbocycles. The number of hydrogen-bond acceptors (Lipinski definition) is 3. The first kappa shape index (κ1) is 29.1. The number of carbonyl (C=O) groups is 1. The molecule has 0 radical (unpaired) electrons. The Labute approximate surface area is 279 Å². The molecule has 0 aliphatic carbocycles. The Morgan fingerprint density at radius 3 is 2.07 bits per heavy atom. The monoisotopic (exact) mass is 776 g/mol. The summed E-state index contributed by atoms with van der Waals surface area (Å²) in [6, 6.07) is 46.1. The van der Waals surface area contributed by atoms with Gasteiger partial charge in [0, 0.05) is 37.9 Å². The maximum absolute atomic E-state index is 12.2. The number of aromatic carboxylic acids is 1. The van der Waals surface area contributed by atoms with E-state index in [1.165, 1.54) is 0 Å². The van der Waals surface area contributed by atoms with E-state index >= 15 is 0 Å². The number of imidazole rings is 1. The number of fused-ring (bicyclic) bond motifs is 2. The third-order valence-corrected chi connectivity index (χ3v) is 8.09. The van der Waals surface area contributed by atoms with E-state index < -0.39 is 5.97 Å². The molecule has 0 saturated heterocycles. The Bertz CT molecular complexity index is 2360. The summed E-state index contributed by atoms with van der Waals surface area (Å²) >= 11 is 0. The Kier molecular flexibility index (Phi) is 7.65. The first-order valence-corrected chi connectivity index (χ1v) is 14.6. The van der Waals surface area contributed by atoms with E-state index in [1.54, 1.807) is 6.07 Å². The van der Waals surface area contributed by atoms with Crippen LogP contribution in [0, 0.1) is 0 Å². The van der Waals surface area contributed by atoms with E-state index in [2.05, 4.69) is 45.9 Å². The van der Waals surface area contributed by atoms with Crippen LogP contribution in [0.15, 0.2) is 146 Å². The van der Waals surface area contributed by atoms with Gasteiger partial charge in [0.2, 0.25) is 0 Å². The quantitative estimate of drug-likeness (QED) is 0.183. The smallest absolute Gasteiger partial charge is 0.354 e. The van der Waals surface area contributed by atoms with E-state index in [1.807, 2.05) is 103 Å². The van der Waals surface area contributed by atoms with Crippen molar-refractivity contribution >= 4 is 27.9 Å². The number of aromatic nitrogens is 4. The van der Waals surface area contributed by atoms with Gasteiger partial charge in [-0.1, -0.05) is 109 Å². The maximum Gasteiger partial charge on any atom is 0.354 e. The Morgan fingerprint density at radius 1 is 0.630 bits per heavy atom. The van der Waals surface area contributed by atoms with Crippen molar-refractivity contribution in [3.8, 4) is 50.6 Å². The van der Waals surface area contributed by atoms with Crippen molar-refractivity contribution in [2.75, 3.05) is 0 Å². The topological polar surface area (TPSA) is 82.1 Å². The van der Waals surface area contributed by atoms with Crippen LogP contribution in [0.25, 0.3) is 72.5 Å². The molecule has 0 aliphatic rings. The number of pyridine rings is 1. The largest absolute Gasteiger partial charge is 0.663 e.